The highest BCUT2D eigenvalue weighted by Crippen LogP contribution is 2.31. The SMILES string of the molecule is Cc1cc2c(C#N)ccc(CBr)c2s1. The van der Waals surface area contributed by atoms with Crippen LogP contribution < -0.4 is 0 Å². The van der Waals surface area contributed by atoms with Gasteiger partial charge in [-0.3, -0.25) is 0 Å². The summed E-state index contributed by atoms with van der Waals surface area (Å²) in [6.45, 7) is 2.07. The van der Waals surface area contributed by atoms with E-state index in [0.717, 1.165) is 16.3 Å². The van der Waals surface area contributed by atoms with Crippen molar-refractivity contribution in [1.29, 1.82) is 5.26 Å². The molecule has 3 heteroatoms. The fraction of sp³-hybridized carbons (Fsp3) is 0.182. The Morgan fingerprint density at radius 2 is 2.29 bits per heavy atom. The lowest BCUT2D eigenvalue weighted by molar-refractivity contribution is 1.47. The van der Waals surface area contributed by atoms with Crippen LogP contribution in [0.5, 0.6) is 0 Å². The second-order valence-corrected chi connectivity index (χ2v) is 4.93. The van der Waals surface area contributed by atoms with Crippen LogP contribution in [0.1, 0.15) is 16.0 Å². The number of halogens is 1. The van der Waals surface area contributed by atoms with Crippen LogP contribution in [0, 0.1) is 18.3 Å². The number of fused-ring (bicyclic) bond motifs is 1. The first-order chi connectivity index (χ1) is 6.76. The molecule has 2 rings (SSSR count). The van der Waals surface area contributed by atoms with E-state index in [1.54, 1.807) is 11.3 Å². The van der Waals surface area contributed by atoms with Gasteiger partial charge in [0, 0.05) is 20.3 Å². The molecule has 0 N–H and O–H groups in total. The van der Waals surface area contributed by atoms with Gasteiger partial charge >= 0.3 is 0 Å². The van der Waals surface area contributed by atoms with Crippen molar-refractivity contribution in [3.05, 3.63) is 34.2 Å². The quantitative estimate of drug-likeness (QED) is 0.716. The van der Waals surface area contributed by atoms with Crippen molar-refractivity contribution in [1.82, 2.24) is 0 Å². The molecule has 0 unspecified atom stereocenters. The van der Waals surface area contributed by atoms with E-state index in [1.165, 1.54) is 15.1 Å². The highest BCUT2D eigenvalue weighted by atomic mass is 79.9. The minimum absolute atomic E-state index is 0.772. The summed E-state index contributed by atoms with van der Waals surface area (Å²) in [7, 11) is 0. The van der Waals surface area contributed by atoms with Gasteiger partial charge < -0.3 is 0 Å². The molecule has 0 saturated heterocycles. The maximum absolute atomic E-state index is 8.95. The molecule has 0 amide bonds. The molecule has 14 heavy (non-hydrogen) atoms. The molecule has 0 saturated carbocycles. The summed E-state index contributed by atoms with van der Waals surface area (Å²) in [5.41, 5.74) is 2.03. The van der Waals surface area contributed by atoms with Gasteiger partial charge in [-0.1, -0.05) is 22.0 Å². The highest BCUT2D eigenvalue weighted by Gasteiger charge is 2.07. The van der Waals surface area contributed by atoms with Gasteiger partial charge in [-0.25, -0.2) is 0 Å². The van der Waals surface area contributed by atoms with Crippen LogP contribution in [-0.2, 0) is 5.33 Å². The lowest BCUT2D eigenvalue weighted by Crippen LogP contribution is -1.80. The molecule has 1 aromatic carbocycles. The van der Waals surface area contributed by atoms with E-state index < -0.39 is 0 Å². The third-order valence-electron chi connectivity index (χ3n) is 2.15. The van der Waals surface area contributed by atoms with Gasteiger partial charge in [0.15, 0.2) is 0 Å². The molecule has 1 aromatic heterocycles. The summed E-state index contributed by atoms with van der Waals surface area (Å²) in [4.78, 5) is 1.25. The monoisotopic (exact) mass is 265 g/mol. The number of nitriles is 1. The van der Waals surface area contributed by atoms with Gasteiger partial charge in [0.2, 0.25) is 0 Å². The van der Waals surface area contributed by atoms with E-state index in [0.29, 0.717) is 0 Å². The van der Waals surface area contributed by atoms with Gasteiger partial charge in [0.1, 0.15) is 0 Å². The maximum atomic E-state index is 8.95. The number of rotatable bonds is 1. The number of hydrogen-bond donors (Lipinski definition) is 0. The van der Waals surface area contributed by atoms with Gasteiger partial charge in [0.25, 0.3) is 0 Å². The van der Waals surface area contributed by atoms with E-state index >= 15 is 0 Å². The minimum Gasteiger partial charge on any atom is -0.192 e. The first-order valence-electron chi connectivity index (χ1n) is 4.24. The number of thiophene rings is 1. The Bertz CT molecular complexity index is 522. The third kappa shape index (κ3) is 1.45. The molecule has 1 nitrogen and oxygen atoms in total. The second kappa shape index (κ2) is 3.72. The predicted molar refractivity (Wildman–Crippen MR) is 63.9 cm³/mol. The van der Waals surface area contributed by atoms with Gasteiger partial charge in [0.05, 0.1) is 11.6 Å². The molecular weight excluding hydrogens is 258 g/mol. The molecule has 0 aliphatic heterocycles. The zero-order valence-corrected chi connectivity index (χ0v) is 10.1. The van der Waals surface area contributed by atoms with Gasteiger partial charge in [-0.05, 0) is 24.6 Å². The summed E-state index contributed by atoms with van der Waals surface area (Å²) < 4.78 is 1.23. The van der Waals surface area contributed by atoms with Crippen LogP contribution >= 0.6 is 27.3 Å². The largest absolute Gasteiger partial charge is 0.192 e. The topological polar surface area (TPSA) is 23.8 Å². The first-order valence-corrected chi connectivity index (χ1v) is 6.18. The van der Waals surface area contributed by atoms with Gasteiger partial charge in [-0.15, -0.1) is 11.3 Å². The first kappa shape index (κ1) is 9.70. The van der Waals surface area contributed by atoms with Crippen LogP contribution in [0.3, 0.4) is 0 Å². The average molecular weight is 266 g/mol. The average Bonchev–Trinajstić information content (AvgIpc) is 2.57. The van der Waals surface area contributed by atoms with E-state index in [1.807, 2.05) is 12.1 Å². The van der Waals surface area contributed by atoms with Crippen molar-refractivity contribution in [2.24, 2.45) is 0 Å². The number of benzene rings is 1. The van der Waals surface area contributed by atoms with Gasteiger partial charge in [-0.2, -0.15) is 5.26 Å². The van der Waals surface area contributed by atoms with Crippen molar-refractivity contribution < 1.29 is 0 Å². The standard InChI is InChI=1S/C11H8BrNS/c1-7-4-10-9(6-13)3-2-8(5-12)11(10)14-7/h2-4H,5H2,1H3. The van der Waals surface area contributed by atoms with Crippen LogP contribution in [-0.4, -0.2) is 0 Å². The van der Waals surface area contributed by atoms with Crippen LogP contribution in [0.2, 0.25) is 0 Å². The zero-order chi connectivity index (χ0) is 10.1. The molecule has 0 spiro atoms. The molecule has 0 aliphatic carbocycles. The summed E-state index contributed by atoms with van der Waals surface area (Å²) in [6, 6.07) is 8.23. The smallest absolute Gasteiger partial charge is 0.0998 e. The Morgan fingerprint density at radius 1 is 1.50 bits per heavy atom. The fourth-order valence-corrected chi connectivity index (χ4v) is 3.21. The van der Waals surface area contributed by atoms with E-state index in [4.69, 9.17) is 5.26 Å². The lowest BCUT2D eigenvalue weighted by atomic mass is 10.1. The zero-order valence-electron chi connectivity index (χ0n) is 7.67. The summed E-state index contributed by atoms with van der Waals surface area (Å²) in [5, 5.41) is 10.9. The van der Waals surface area contributed by atoms with Crippen molar-refractivity contribution in [3.63, 3.8) is 0 Å². The van der Waals surface area contributed by atoms with Crippen molar-refractivity contribution in [3.8, 4) is 6.07 Å². The van der Waals surface area contributed by atoms with Crippen molar-refractivity contribution in [2.45, 2.75) is 12.3 Å². The van der Waals surface area contributed by atoms with E-state index in [9.17, 15) is 0 Å². The Kier molecular flexibility index (Phi) is 2.58. The highest BCUT2D eigenvalue weighted by molar-refractivity contribution is 9.08. The summed E-state index contributed by atoms with van der Waals surface area (Å²) in [6.07, 6.45) is 0. The molecule has 0 radical (unpaired) electrons. The van der Waals surface area contributed by atoms with Crippen molar-refractivity contribution >= 4 is 37.4 Å². The van der Waals surface area contributed by atoms with Crippen LogP contribution in [0.15, 0.2) is 18.2 Å². The number of nitrogens with zero attached hydrogens (tertiary/aromatic N) is 1. The second-order valence-electron chi connectivity index (χ2n) is 3.12. The summed E-state index contributed by atoms with van der Waals surface area (Å²) in [5.74, 6) is 0. The van der Waals surface area contributed by atoms with Crippen LogP contribution in [0.4, 0.5) is 0 Å². The Labute approximate surface area is 95.1 Å². The van der Waals surface area contributed by atoms with Crippen LogP contribution in [0.25, 0.3) is 10.1 Å². The molecular formula is C11H8BrNS. The number of alkyl halides is 1. The molecule has 0 atom stereocenters. The summed E-state index contributed by atoms with van der Waals surface area (Å²) >= 11 is 5.21. The minimum atomic E-state index is 0.772. The Balaban J connectivity index is 2.86. The number of aryl methyl sites for hydroxylation is 1. The predicted octanol–water partition coefficient (Wildman–Crippen LogP) is 3.98. The normalized spacial score (nSPS) is 10.4. The molecule has 0 fully saturated rings. The Morgan fingerprint density at radius 3 is 2.93 bits per heavy atom. The number of hydrogen-bond acceptors (Lipinski definition) is 2. The third-order valence-corrected chi connectivity index (χ3v) is 3.88. The maximum Gasteiger partial charge on any atom is 0.0998 e. The molecule has 1 heterocycles. The fourth-order valence-electron chi connectivity index (χ4n) is 1.50. The lowest BCUT2D eigenvalue weighted by Gasteiger charge is -1.98. The van der Waals surface area contributed by atoms with E-state index in [-0.39, 0.29) is 0 Å². The molecule has 0 aliphatic rings. The van der Waals surface area contributed by atoms with Crippen molar-refractivity contribution in [2.75, 3.05) is 0 Å². The Hall–Kier alpha value is -0.850. The molecule has 0 bridgehead atoms. The molecule has 70 valence electrons. The molecule has 2 aromatic rings. The van der Waals surface area contributed by atoms with E-state index in [2.05, 4.69) is 35.0 Å².